The van der Waals surface area contributed by atoms with Crippen molar-refractivity contribution in [2.24, 2.45) is 23.7 Å². The summed E-state index contributed by atoms with van der Waals surface area (Å²) in [6.45, 7) is 0. The van der Waals surface area contributed by atoms with E-state index >= 15 is 4.79 Å². The van der Waals surface area contributed by atoms with Gasteiger partial charge in [-0.2, -0.15) is 5.01 Å². The molecule has 2 heterocycles. The normalized spacial score (nSPS) is 27.6. The van der Waals surface area contributed by atoms with Crippen LogP contribution in [-0.2, 0) is 24.6 Å². The highest BCUT2D eigenvalue weighted by Gasteiger charge is 2.70. The number of ether oxygens (including phenoxy) is 2. The first-order chi connectivity index (χ1) is 22.9. The fourth-order valence-corrected chi connectivity index (χ4v) is 9.48. The van der Waals surface area contributed by atoms with E-state index in [4.69, 9.17) is 32.7 Å². The van der Waals surface area contributed by atoms with Crippen LogP contribution in [0.1, 0.15) is 29.9 Å². The van der Waals surface area contributed by atoms with Crippen molar-refractivity contribution < 1.29 is 33.8 Å². The number of benzene rings is 3. The molecule has 0 radical (unpaired) electrons. The number of rotatable bonds is 6. The van der Waals surface area contributed by atoms with E-state index in [1.165, 1.54) is 20.3 Å². The molecule has 6 atom stereocenters. The van der Waals surface area contributed by atoms with Gasteiger partial charge in [0.15, 0.2) is 11.5 Å². The van der Waals surface area contributed by atoms with Crippen LogP contribution in [0.15, 0.2) is 69.1 Å². The molecule has 3 aromatic rings. The third-order valence-electron chi connectivity index (χ3n) is 10.1. The van der Waals surface area contributed by atoms with Gasteiger partial charge in [0.2, 0.25) is 11.8 Å². The maximum Gasteiger partial charge on any atom is 0.260 e. The van der Waals surface area contributed by atoms with E-state index in [1.807, 2.05) is 6.08 Å². The number of nitrogens with one attached hydrogen (secondary N) is 2. The molecule has 1 saturated carbocycles. The number of hydrogen-bond acceptors (Lipinski definition) is 8. The Bertz CT molecular complexity index is 1960. The van der Waals surface area contributed by atoms with Gasteiger partial charge in [-0.25, -0.2) is 0 Å². The summed E-state index contributed by atoms with van der Waals surface area (Å²) in [7, 11) is 2.94. The van der Waals surface area contributed by atoms with Gasteiger partial charge in [-0.05, 0) is 98.1 Å². The maximum absolute atomic E-state index is 15.3. The molecule has 0 aromatic heterocycles. The molecule has 3 aromatic carbocycles. The summed E-state index contributed by atoms with van der Waals surface area (Å²) in [6.07, 6.45) is 2.31. The SMILES string of the molecule is COc1ccc(C23C(=O)N(Nc4ccc(Cl)cc4Cl)C(=O)C2CC2C(=CCC4C(=O)NC(=O)C42)C3c2cc(OC)c(O)c(Br)c2Br)cc1. The zero-order chi connectivity index (χ0) is 34.2. The summed E-state index contributed by atoms with van der Waals surface area (Å²) in [5.41, 5.74) is 3.48. The van der Waals surface area contributed by atoms with Gasteiger partial charge in [-0.15, -0.1) is 0 Å². The van der Waals surface area contributed by atoms with E-state index in [1.54, 1.807) is 42.5 Å². The van der Waals surface area contributed by atoms with Crippen LogP contribution in [0.5, 0.6) is 17.2 Å². The second-order valence-corrected chi connectivity index (χ2v) is 14.6. The summed E-state index contributed by atoms with van der Waals surface area (Å²) in [4.78, 5) is 56.3. The van der Waals surface area contributed by atoms with Crippen LogP contribution < -0.4 is 20.2 Å². The quantitative estimate of drug-likeness (QED) is 0.189. The van der Waals surface area contributed by atoms with Gasteiger partial charge in [0.05, 0.1) is 52.6 Å². The lowest BCUT2D eigenvalue weighted by Gasteiger charge is -2.51. The number of allylic oxidation sites excluding steroid dienone is 2. The number of phenolic OH excluding ortho intramolecular Hbond substituents is 1. The molecular weight excluding hydrogens is 793 g/mol. The molecule has 2 aliphatic carbocycles. The van der Waals surface area contributed by atoms with E-state index in [0.717, 1.165) is 10.6 Å². The lowest BCUT2D eigenvalue weighted by Crippen LogP contribution is -2.53. The number of anilines is 1. The summed E-state index contributed by atoms with van der Waals surface area (Å²) >= 11 is 19.8. The Morgan fingerprint density at radius 3 is 2.35 bits per heavy atom. The number of amides is 4. The Kier molecular flexibility index (Phi) is 8.29. The number of methoxy groups -OCH3 is 2. The van der Waals surface area contributed by atoms with Crippen LogP contribution in [-0.4, -0.2) is 48.0 Å². The van der Waals surface area contributed by atoms with Crippen LogP contribution in [0.2, 0.25) is 10.0 Å². The molecule has 2 saturated heterocycles. The summed E-state index contributed by atoms with van der Waals surface area (Å²) < 4.78 is 11.7. The topological polar surface area (TPSA) is 134 Å². The largest absolute Gasteiger partial charge is 0.503 e. The van der Waals surface area contributed by atoms with E-state index in [-0.39, 0.29) is 45.4 Å². The van der Waals surface area contributed by atoms with Crippen LogP contribution in [0.25, 0.3) is 0 Å². The van der Waals surface area contributed by atoms with Gasteiger partial charge in [0, 0.05) is 15.4 Å². The van der Waals surface area contributed by atoms with Crippen molar-refractivity contribution in [1.29, 1.82) is 0 Å². The van der Waals surface area contributed by atoms with Gasteiger partial charge in [-0.1, -0.05) is 47.0 Å². The standard InChI is InChI=1S/C34H27Br2Cl2N3O7/c1-47-16-6-3-14(4-7-16)34-21(32(45)41(33(34)46)40-23-10-5-15(37)11-22(23)38)12-19-17(8-9-18-25(19)31(44)39-30(18)43)26(34)20-13-24(48-2)29(42)28(36)27(20)35/h3-8,10-11,13,18-19,21,25-26,40,42H,9,12H2,1-2H3,(H,39,43,44). The van der Waals surface area contributed by atoms with E-state index in [9.17, 15) is 19.5 Å². The number of carbonyl (C=O) groups excluding carboxylic acids is 4. The van der Waals surface area contributed by atoms with E-state index < -0.39 is 52.7 Å². The molecule has 6 unspecified atom stereocenters. The average Bonchev–Trinajstić information content (AvgIpc) is 3.49. The first kappa shape index (κ1) is 32.9. The Balaban J connectivity index is 1.52. The number of fused-ring (bicyclic) bond motifs is 4. The van der Waals surface area contributed by atoms with Gasteiger partial charge in [0.25, 0.3) is 11.8 Å². The lowest BCUT2D eigenvalue weighted by molar-refractivity contribution is -0.138. The molecule has 3 N–H and O–H groups in total. The van der Waals surface area contributed by atoms with Crippen molar-refractivity contribution in [2.75, 3.05) is 19.6 Å². The Morgan fingerprint density at radius 1 is 0.958 bits per heavy atom. The number of halogens is 4. The van der Waals surface area contributed by atoms with Crippen molar-refractivity contribution in [2.45, 2.75) is 24.2 Å². The molecule has 0 spiro atoms. The number of aromatic hydroxyl groups is 1. The fraction of sp³-hybridized carbons (Fsp3) is 0.294. The van der Waals surface area contributed by atoms with E-state index in [0.29, 0.717) is 26.4 Å². The van der Waals surface area contributed by atoms with Crippen LogP contribution in [0.3, 0.4) is 0 Å². The Hall–Kier alpha value is -3.58. The van der Waals surface area contributed by atoms with Crippen LogP contribution in [0.4, 0.5) is 5.69 Å². The number of nitrogens with zero attached hydrogens (tertiary/aromatic N) is 1. The summed E-state index contributed by atoms with van der Waals surface area (Å²) in [6, 6.07) is 13.3. The highest BCUT2D eigenvalue weighted by atomic mass is 79.9. The van der Waals surface area contributed by atoms with Gasteiger partial charge < -0.3 is 14.6 Å². The number of phenols is 1. The monoisotopic (exact) mass is 817 g/mol. The van der Waals surface area contributed by atoms with E-state index in [2.05, 4.69) is 42.6 Å². The Morgan fingerprint density at radius 2 is 1.69 bits per heavy atom. The minimum absolute atomic E-state index is 0.112. The molecule has 0 bridgehead atoms. The van der Waals surface area contributed by atoms with Crippen molar-refractivity contribution in [3.05, 3.63) is 90.3 Å². The number of imide groups is 2. The van der Waals surface area contributed by atoms with Crippen molar-refractivity contribution in [3.63, 3.8) is 0 Å². The van der Waals surface area contributed by atoms with Crippen LogP contribution in [0, 0.1) is 23.7 Å². The first-order valence-electron chi connectivity index (χ1n) is 15.0. The average molecular weight is 820 g/mol. The second kappa shape index (κ2) is 12.1. The number of hydrazine groups is 1. The van der Waals surface area contributed by atoms with Crippen molar-refractivity contribution in [3.8, 4) is 17.2 Å². The molecule has 4 aliphatic rings. The number of carbonyl (C=O) groups is 4. The number of hydrogen-bond donors (Lipinski definition) is 3. The van der Waals surface area contributed by atoms with Crippen LogP contribution >= 0.6 is 55.1 Å². The smallest absolute Gasteiger partial charge is 0.260 e. The second-order valence-electron chi connectivity index (χ2n) is 12.2. The van der Waals surface area contributed by atoms with Crippen molar-refractivity contribution >= 4 is 84.4 Å². The zero-order valence-electron chi connectivity index (χ0n) is 25.4. The molecule has 7 rings (SSSR count). The molecule has 248 valence electrons. The van der Waals surface area contributed by atoms with Gasteiger partial charge >= 0.3 is 0 Å². The van der Waals surface area contributed by atoms with Gasteiger partial charge in [0.1, 0.15) is 5.75 Å². The summed E-state index contributed by atoms with van der Waals surface area (Å²) in [5.74, 6) is -5.08. The predicted octanol–water partition coefficient (Wildman–Crippen LogP) is 6.51. The highest BCUT2D eigenvalue weighted by molar-refractivity contribution is 9.13. The van der Waals surface area contributed by atoms with Gasteiger partial charge in [-0.3, -0.25) is 29.9 Å². The van der Waals surface area contributed by atoms with Crippen molar-refractivity contribution in [1.82, 2.24) is 10.3 Å². The molecular formula is C34H27Br2Cl2N3O7. The molecule has 14 heteroatoms. The minimum Gasteiger partial charge on any atom is -0.503 e. The highest BCUT2D eigenvalue weighted by Crippen LogP contribution is 2.65. The zero-order valence-corrected chi connectivity index (χ0v) is 30.0. The third-order valence-corrected chi connectivity index (χ3v) is 12.8. The molecule has 10 nitrogen and oxygen atoms in total. The minimum atomic E-state index is -1.58. The fourth-order valence-electron chi connectivity index (χ4n) is 8.08. The molecule has 4 amide bonds. The molecule has 48 heavy (non-hydrogen) atoms. The third kappa shape index (κ3) is 4.70. The molecule has 3 fully saturated rings. The summed E-state index contributed by atoms with van der Waals surface area (Å²) in [5, 5.41) is 15.0. The first-order valence-corrected chi connectivity index (χ1v) is 17.3. The maximum atomic E-state index is 15.3. The lowest BCUT2D eigenvalue weighted by atomic mass is 9.49. The Labute approximate surface area is 302 Å². The molecule has 2 aliphatic heterocycles. The predicted molar refractivity (Wildman–Crippen MR) is 184 cm³/mol.